The average molecular weight is 1720 g/mol. The van der Waals surface area contributed by atoms with Crippen LogP contribution in [0, 0.1) is 151 Å². The molecule has 3 aromatic heterocycles. The number of hydrogen-bond donors (Lipinski definition) is 6. The van der Waals surface area contributed by atoms with Crippen LogP contribution in [0.3, 0.4) is 0 Å². The standard InChI is InChI=1S/C108H162N12O6/c1-91(2)40-46-106(49-43-100(16)73(76(106)55-91)22-25-82-97(13)34-31-85(121)94(7,8)79(97)28-37-103(82,100)19)88(124)109-58-70-64-118(115-112-70)61-67-52-68(62-119-65-71(113-116-119)59-110-89(125)107-47-41-92(3,4)56-77(107)74-23-26-83-98(14)35-32-86(122)95(9,10)80(98)29-38-104(83,20)101(74,17)44-50-107)54-69(53-67)63-120-66-72(114-117-120)60-111-90(126)108-48-42-93(5,6)57-78(108)75-24-27-84-99(15)36-33-87(123)96(11,12)81(99)30-39-105(84,21)102(75,18)45-51-108/h22-24,52-54,64-66,76-87,121-123H,25-51,55-63H2,1-21H3,(H,109,124)(H,110,125)(H,111,126)/t76-,77-,78-,79-,80-,81-,82+,83+,84+,85-,86-,87-,97-,98-,99-,100+,101+,102+,103+,104+,105+,106-,107-,108-/m0/s1. The lowest BCUT2D eigenvalue weighted by Gasteiger charge is -2.71. The molecule has 24 atom stereocenters. The number of aliphatic hydroxyl groups excluding tert-OH is 3. The number of fused-ring (bicyclic) bond motifs is 21. The van der Waals surface area contributed by atoms with Crippen molar-refractivity contribution in [2.24, 2.45) is 151 Å². The van der Waals surface area contributed by atoms with E-state index in [1.54, 1.807) is 16.7 Å². The van der Waals surface area contributed by atoms with Gasteiger partial charge in [0.1, 0.15) is 17.1 Å². The van der Waals surface area contributed by atoms with Crippen LogP contribution in [0.2, 0.25) is 0 Å². The van der Waals surface area contributed by atoms with Gasteiger partial charge >= 0.3 is 0 Å². The Kier molecular flexibility index (Phi) is 21.0. The third kappa shape index (κ3) is 13.2. The van der Waals surface area contributed by atoms with Gasteiger partial charge in [0.15, 0.2) is 0 Å². The first-order valence-electron chi connectivity index (χ1n) is 50.7. The smallest absolute Gasteiger partial charge is 0.227 e. The van der Waals surface area contributed by atoms with E-state index in [1.807, 2.05) is 32.6 Å². The molecule has 18 heteroatoms. The van der Waals surface area contributed by atoms with Crippen molar-refractivity contribution >= 4 is 17.7 Å². The predicted octanol–water partition coefficient (Wildman–Crippen LogP) is 20.9. The van der Waals surface area contributed by atoms with Gasteiger partial charge in [-0.3, -0.25) is 14.4 Å². The SMILES string of the molecule is CC1(C)CC[C@]2(C(=O)NCc3cn(Cc4cc(Cn5cc(CNC(=O)[C@]67CCC(C)(C)C[C@H]6C6=CC[C@@H]8[C@@]9(C)CC[C@H](O)C(C)(C)[C@@H]9CC[C@@]8(C)[C@]6(C)CC7)nn5)cc(Cn5cc(CNC(=O)[C@]67CCC(C)(C)C[C@H]6C6=CC[C@@H]8[C@@]9(C)CC[C@H](O)C(C)(C)[C@@H]9CC[C@@]8(C)[C@]6(C)CC7)nn5)c4)nn3)CC[C@]3(C)C(=CC[C@@H]4[C@@]5(C)CC[C@H](O)C(C)(C)[C@@H]5CC[C@]43C)[C@@H]2C1. The lowest BCUT2D eigenvalue weighted by molar-refractivity contribution is -0.203. The number of carbonyl (C=O) groups excluding carboxylic acids is 3. The molecule has 690 valence electrons. The van der Waals surface area contributed by atoms with Crippen LogP contribution in [0.4, 0.5) is 0 Å². The Morgan fingerprint density at radius 3 is 0.849 bits per heavy atom. The summed E-state index contributed by atoms with van der Waals surface area (Å²) in [5.74, 6) is 4.01. The molecule has 12 fully saturated rings. The first kappa shape index (κ1) is 89.4. The summed E-state index contributed by atoms with van der Waals surface area (Å²) in [7, 11) is 0. The summed E-state index contributed by atoms with van der Waals surface area (Å²) in [5.41, 5.74) is 9.10. The molecule has 19 rings (SSSR count). The van der Waals surface area contributed by atoms with Gasteiger partial charge in [0.05, 0.1) is 92.4 Å². The highest BCUT2D eigenvalue weighted by Gasteiger charge is 2.74. The van der Waals surface area contributed by atoms with E-state index in [2.05, 4.69) is 198 Å². The molecular formula is C108H162N12O6. The molecule has 0 aliphatic heterocycles. The van der Waals surface area contributed by atoms with Gasteiger partial charge in [-0.05, 0) is 344 Å². The third-order valence-corrected chi connectivity index (χ3v) is 44.4. The lowest BCUT2D eigenvalue weighted by atomic mass is 9.33. The number of hydrogen-bond acceptors (Lipinski definition) is 12. The first-order valence-corrected chi connectivity index (χ1v) is 50.7. The number of benzene rings is 1. The fourth-order valence-electron chi connectivity index (χ4n) is 36.1. The average Bonchev–Trinajstić information content (AvgIpc) is 0.766. The molecule has 1 aromatic carbocycles. The first-order chi connectivity index (χ1) is 58.9. The molecule has 12 saturated carbocycles. The van der Waals surface area contributed by atoms with Crippen molar-refractivity contribution in [2.45, 2.75) is 396 Å². The summed E-state index contributed by atoms with van der Waals surface area (Å²) < 4.78 is 5.67. The Balaban J connectivity index is 0.563. The molecule has 15 aliphatic rings. The van der Waals surface area contributed by atoms with E-state index in [1.165, 1.54) is 0 Å². The number of aromatic nitrogens is 9. The van der Waals surface area contributed by atoms with E-state index >= 15 is 14.4 Å². The van der Waals surface area contributed by atoms with Crippen molar-refractivity contribution in [3.63, 3.8) is 0 Å². The van der Waals surface area contributed by atoms with Crippen molar-refractivity contribution in [3.8, 4) is 0 Å². The number of allylic oxidation sites excluding steroid dienone is 6. The largest absolute Gasteiger partial charge is 0.393 e. The molecule has 0 spiro atoms. The molecule has 0 bridgehead atoms. The third-order valence-electron chi connectivity index (χ3n) is 44.4. The zero-order chi connectivity index (χ0) is 89.8. The van der Waals surface area contributed by atoms with Gasteiger partial charge < -0.3 is 31.3 Å². The lowest BCUT2D eigenvalue weighted by Crippen LogP contribution is -2.65. The number of nitrogens with zero attached hydrogens (tertiary/aromatic N) is 9. The monoisotopic (exact) mass is 1720 g/mol. The maximum atomic E-state index is 15.5. The topological polar surface area (TPSA) is 240 Å². The number of nitrogens with one attached hydrogen (secondary N) is 3. The molecule has 0 saturated heterocycles. The number of amides is 3. The summed E-state index contributed by atoms with van der Waals surface area (Å²) in [6.45, 7) is 54.1. The highest BCUT2D eigenvalue weighted by molar-refractivity contribution is 5.85. The Morgan fingerprint density at radius 1 is 0.333 bits per heavy atom. The zero-order valence-electron chi connectivity index (χ0n) is 81.7. The van der Waals surface area contributed by atoms with E-state index in [9.17, 15) is 15.3 Å². The van der Waals surface area contributed by atoms with Crippen molar-refractivity contribution < 1.29 is 29.7 Å². The maximum Gasteiger partial charge on any atom is 0.227 e. The van der Waals surface area contributed by atoms with Gasteiger partial charge in [-0.25, -0.2) is 14.0 Å². The molecule has 18 nitrogen and oxygen atoms in total. The second-order valence-corrected chi connectivity index (χ2v) is 52.7. The number of carbonyl (C=O) groups is 3. The van der Waals surface area contributed by atoms with E-state index < -0.39 is 16.2 Å². The summed E-state index contributed by atoms with van der Waals surface area (Å²) in [6.07, 6.45) is 43.4. The van der Waals surface area contributed by atoms with Crippen LogP contribution in [0.15, 0.2) is 71.7 Å². The second-order valence-electron chi connectivity index (χ2n) is 52.7. The predicted molar refractivity (Wildman–Crippen MR) is 494 cm³/mol. The van der Waals surface area contributed by atoms with Gasteiger partial charge in [0, 0.05) is 0 Å². The second kappa shape index (κ2) is 29.6. The minimum atomic E-state index is -0.500. The Hall–Kier alpha value is -5.85. The summed E-state index contributed by atoms with van der Waals surface area (Å²) >= 11 is 0. The van der Waals surface area contributed by atoms with Gasteiger partial charge in [-0.1, -0.05) is 214 Å². The van der Waals surface area contributed by atoms with Crippen LogP contribution in [-0.4, -0.2) is 96.3 Å². The van der Waals surface area contributed by atoms with Gasteiger partial charge in [-0.2, -0.15) is 0 Å². The highest BCUT2D eigenvalue weighted by Crippen LogP contribution is 2.81. The van der Waals surface area contributed by atoms with Crippen molar-refractivity contribution in [1.82, 2.24) is 60.9 Å². The van der Waals surface area contributed by atoms with E-state index in [4.69, 9.17) is 30.9 Å². The van der Waals surface area contributed by atoms with Crippen molar-refractivity contribution in [1.29, 1.82) is 0 Å². The van der Waals surface area contributed by atoms with Gasteiger partial charge in [0.25, 0.3) is 0 Å². The van der Waals surface area contributed by atoms with Crippen LogP contribution in [-0.2, 0) is 53.7 Å². The molecule has 3 amide bonds. The quantitative estimate of drug-likeness (QED) is 0.0609. The number of aliphatic hydroxyl groups is 3. The molecular weight excluding hydrogens is 1560 g/mol. The Bertz CT molecular complexity index is 4550. The molecule has 15 aliphatic carbocycles. The minimum Gasteiger partial charge on any atom is -0.393 e. The fraction of sp³-hybridized carbons (Fsp3) is 0.806. The highest BCUT2D eigenvalue weighted by atomic mass is 16.3. The van der Waals surface area contributed by atoms with Crippen LogP contribution in [0.5, 0.6) is 0 Å². The summed E-state index contributed by atoms with van der Waals surface area (Å²) in [6, 6.07) is 6.64. The summed E-state index contributed by atoms with van der Waals surface area (Å²) in [4.78, 5) is 46.6. The molecule has 3 heterocycles. The van der Waals surface area contributed by atoms with Crippen LogP contribution < -0.4 is 16.0 Å². The van der Waals surface area contributed by atoms with Crippen LogP contribution in [0.1, 0.15) is 372 Å². The molecule has 6 N–H and O–H groups in total. The molecule has 0 unspecified atom stereocenters. The molecule has 0 radical (unpaired) electrons. The van der Waals surface area contributed by atoms with Crippen LogP contribution >= 0.6 is 0 Å². The maximum absolute atomic E-state index is 15.5. The normalized spacial score (nSPS) is 44.0. The van der Waals surface area contributed by atoms with Gasteiger partial charge in [0.2, 0.25) is 17.7 Å². The van der Waals surface area contributed by atoms with E-state index in [-0.39, 0.29) is 155 Å². The van der Waals surface area contributed by atoms with Crippen molar-refractivity contribution in [2.75, 3.05) is 0 Å². The van der Waals surface area contributed by atoms with Crippen molar-refractivity contribution in [3.05, 3.63) is 106 Å². The van der Waals surface area contributed by atoms with Crippen LogP contribution in [0.25, 0.3) is 0 Å². The zero-order valence-corrected chi connectivity index (χ0v) is 81.7. The van der Waals surface area contributed by atoms with Gasteiger partial charge in [-0.15, -0.1) is 15.3 Å². The van der Waals surface area contributed by atoms with E-state index in [0.717, 1.165) is 209 Å². The molecule has 4 aromatic rings. The fourth-order valence-corrected chi connectivity index (χ4v) is 36.1. The van der Waals surface area contributed by atoms with E-state index in [0.29, 0.717) is 72.2 Å². The number of rotatable bonds is 15. The minimum absolute atomic E-state index is 0.0146. The Morgan fingerprint density at radius 2 is 0.587 bits per heavy atom. The molecule has 126 heavy (non-hydrogen) atoms. The Labute approximate surface area is 755 Å². The summed E-state index contributed by atoms with van der Waals surface area (Å²) in [5, 5.41) is 73.4.